The molecule has 0 aliphatic carbocycles. The normalized spacial score (nSPS) is 13.2. The lowest BCUT2D eigenvalue weighted by Crippen LogP contribution is -2.32. The van der Waals surface area contributed by atoms with Gasteiger partial charge in [0.15, 0.2) is 5.96 Å². The summed E-state index contributed by atoms with van der Waals surface area (Å²) in [5.41, 5.74) is 9.10. The maximum atomic E-state index is 5.80. The first-order chi connectivity index (χ1) is 9.06. The second-order valence-corrected chi connectivity index (χ2v) is 5.58. The molecular weight excluding hydrogens is 433 g/mol. The van der Waals surface area contributed by atoms with Crippen molar-refractivity contribution in [3.63, 3.8) is 0 Å². The first-order valence-corrected chi connectivity index (χ1v) is 6.98. The Morgan fingerprint density at radius 2 is 2.30 bits per heavy atom. The van der Waals surface area contributed by atoms with Crippen molar-refractivity contribution in [2.45, 2.75) is 19.9 Å². The topological polar surface area (TPSA) is 59.6 Å². The fourth-order valence-electron chi connectivity index (χ4n) is 1.93. The van der Waals surface area contributed by atoms with Gasteiger partial charge < -0.3 is 15.8 Å². The van der Waals surface area contributed by atoms with Gasteiger partial charge in [0.2, 0.25) is 0 Å². The van der Waals surface area contributed by atoms with Gasteiger partial charge in [-0.2, -0.15) is 0 Å². The molecule has 0 atom stereocenters. The summed E-state index contributed by atoms with van der Waals surface area (Å²) in [5, 5.41) is 3.01. The van der Waals surface area contributed by atoms with E-state index in [0.29, 0.717) is 19.0 Å². The van der Waals surface area contributed by atoms with E-state index in [-0.39, 0.29) is 24.0 Å². The highest BCUT2D eigenvalue weighted by Gasteiger charge is 2.17. The van der Waals surface area contributed by atoms with Crippen LogP contribution in [0.25, 0.3) is 0 Å². The fourth-order valence-corrected chi connectivity index (χ4v) is 2.48. The Morgan fingerprint density at radius 1 is 1.55 bits per heavy atom. The molecule has 0 amide bonds. The van der Waals surface area contributed by atoms with E-state index < -0.39 is 0 Å². The third-order valence-electron chi connectivity index (χ3n) is 2.82. The first-order valence-electron chi connectivity index (χ1n) is 6.18. The predicted molar refractivity (Wildman–Crippen MR) is 96.9 cm³/mol. The molecule has 110 valence electrons. The Morgan fingerprint density at radius 3 is 3.00 bits per heavy atom. The lowest BCUT2D eigenvalue weighted by Gasteiger charge is -2.08. The van der Waals surface area contributed by atoms with Crippen molar-refractivity contribution >= 4 is 45.9 Å². The number of hydrogen-bond donors (Lipinski definition) is 2. The Hall–Kier alpha value is -0.760. The fraction of sp³-hybridized carbons (Fsp3) is 0.357. The smallest absolute Gasteiger partial charge is 0.189 e. The Kier molecular flexibility index (Phi) is 6.81. The zero-order valence-electron chi connectivity index (χ0n) is 11.4. The lowest BCUT2D eigenvalue weighted by atomic mass is 10.1. The predicted octanol–water partition coefficient (Wildman–Crippen LogP) is 2.98. The third kappa shape index (κ3) is 4.66. The van der Waals surface area contributed by atoms with E-state index in [4.69, 9.17) is 10.5 Å². The summed E-state index contributed by atoms with van der Waals surface area (Å²) in [7, 11) is 0. The molecule has 3 N–H and O–H groups in total. The molecule has 1 heterocycles. The molecule has 1 aliphatic heterocycles. The van der Waals surface area contributed by atoms with Crippen LogP contribution >= 0.6 is 39.9 Å². The molecule has 0 spiro atoms. The van der Waals surface area contributed by atoms with Gasteiger partial charge in [-0.3, -0.25) is 0 Å². The van der Waals surface area contributed by atoms with Gasteiger partial charge in [0.1, 0.15) is 5.75 Å². The Balaban J connectivity index is 0.00000200. The molecular formula is C14H19BrIN3O. The standard InChI is InChI=1S/C14H18BrN3O.HI/c1-9(2)7-17-14(16)18-8-11-6-12(15)5-10-3-4-19-13(10)11;/h5-6H,1,3-4,7-8H2,2H3,(H3,16,17,18);1H. The van der Waals surface area contributed by atoms with Gasteiger partial charge in [0, 0.05) is 23.0 Å². The summed E-state index contributed by atoms with van der Waals surface area (Å²) in [6, 6.07) is 4.12. The van der Waals surface area contributed by atoms with Crippen molar-refractivity contribution < 1.29 is 4.74 Å². The molecule has 0 saturated heterocycles. The Bertz CT molecular complexity index is 531. The Labute approximate surface area is 145 Å². The molecule has 4 nitrogen and oxygen atoms in total. The minimum atomic E-state index is 0. The van der Waals surface area contributed by atoms with Crippen LogP contribution in [0.1, 0.15) is 18.1 Å². The van der Waals surface area contributed by atoms with E-state index in [1.54, 1.807) is 0 Å². The second kappa shape index (κ2) is 7.87. The SMILES string of the molecule is C=C(C)CNC(N)=NCc1cc(Br)cc2c1OCC2.I. The van der Waals surface area contributed by atoms with Gasteiger partial charge in [-0.15, -0.1) is 24.0 Å². The van der Waals surface area contributed by atoms with Crippen molar-refractivity contribution in [1.29, 1.82) is 0 Å². The van der Waals surface area contributed by atoms with E-state index >= 15 is 0 Å². The number of nitrogens with one attached hydrogen (secondary N) is 1. The average molecular weight is 452 g/mol. The maximum absolute atomic E-state index is 5.80. The molecule has 1 aromatic carbocycles. The van der Waals surface area contributed by atoms with Crippen LogP contribution in [0.15, 0.2) is 33.7 Å². The number of hydrogen-bond acceptors (Lipinski definition) is 2. The van der Waals surface area contributed by atoms with Crippen LogP contribution in [0.4, 0.5) is 0 Å². The van der Waals surface area contributed by atoms with Crippen LogP contribution in [0, 0.1) is 0 Å². The molecule has 0 aromatic heterocycles. The van der Waals surface area contributed by atoms with Crippen LogP contribution in [0.3, 0.4) is 0 Å². The highest BCUT2D eigenvalue weighted by molar-refractivity contribution is 14.0. The molecule has 20 heavy (non-hydrogen) atoms. The van der Waals surface area contributed by atoms with Crippen LogP contribution in [0.5, 0.6) is 5.75 Å². The van der Waals surface area contributed by atoms with Gasteiger partial charge in [0.25, 0.3) is 0 Å². The summed E-state index contributed by atoms with van der Waals surface area (Å²) in [6.45, 7) is 7.64. The quantitative estimate of drug-likeness (QED) is 0.320. The number of fused-ring (bicyclic) bond motifs is 1. The van der Waals surface area contributed by atoms with Gasteiger partial charge >= 0.3 is 0 Å². The van der Waals surface area contributed by atoms with Gasteiger partial charge in [0.05, 0.1) is 13.2 Å². The molecule has 1 aliphatic rings. The van der Waals surface area contributed by atoms with Gasteiger partial charge in [-0.05, 0) is 24.6 Å². The third-order valence-corrected chi connectivity index (χ3v) is 3.27. The highest BCUT2D eigenvalue weighted by Crippen LogP contribution is 2.33. The largest absolute Gasteiger partial charge is 0.493 e. The minimum Gasteiger partial charge on any atom is -0.493 e. The zero-order valence-corrected chi connectivity index (χ0v) is 15.3. The average Bonchev–Trinajstić information content (AvgIpc) is 2.81. The summed E-state index contributed by atoms with van der Waals surface area (Å²) in [4.78, 5) is 4.33. The maximum Gasteiger partial charge on any atom is 0.189 e. The van der Waals surface area contributed by atoms with Gasteiger partial charge in [-0.25, -0.2) is 4.99 Å². The molecule has 0 bridgehead atoms. The van der Waals surface area contributed by atoms with Crippen molar-refractivity contribution in [3.05, 3.63) is 39.9 Å². The summed E-state index contributed by atoms with van der Waals surface area (Å²) in [6.07, 6.45) is 0.953. The van der Waals surface area contributed by atoms with Crippen molar-refractivity contribution in [2.75, 3.05) is 13.2 Å². The van der Waals surface area contributed by atoms with E-state index in [2.05, 4.69) is 38.9 Å². The van der Waals surface area contributed by atoms with E-state index in [1.165, 1.54) is 5.56 Å². The number of nitrogens with zero attached hydrogens (tertiary/aromatic N) is 1. The van der Waals surface area contributed by atoms with E-state index in [0.717, 1.165) is 34.4 Å². The number of nitrogens with two attached hydrogens (primary N) is 1. The number of aliphatic imine (C=N–C) groups is 1. The van der Waals surface area contributed by atoms with Gasteiger partial charge in [-0.1, -0.05) is 28.1 Å². The molecule has 0 radical (unpaired) electrons. The molecule has 6 heteroatoms. The molecule has 2 rings (SSSR count). The first kappa shape index (κ1) is 17.3. The number of ether oxygens (including phenoxy) is 1. The van der Waals surface area contributed by atoms with E-state index in [1.807, 2.05) is 13.0 Å². The number of benzene rings is 1. The summed E-state index contributed by atoms with van der Waals surface area (Å²) in [5.74, 6) is 1.38. The lowest BCUT2D eigenvalue weighted by molar-refractivity contribution is 0.353. The van der Waals surface area contributed by atoms with Crippen LogP contribution in [-0.2, 0) is 13.0 Å². The number of guanidine groups is 1. The monoisotopic (exact) mass is 451 g/mol. The summed E-state index contributed by atoms with van der Waals surface area (Å²) < 4.78 is 6.70. The zero-order chi connectivity index (χ0) is 13.8. The summed E-state index contributed by atoms with van der Waals surface area (Å²) >= 11 is 3.51. The van der Waals surface area contributed by atoms with Crippen molar-refractivity contribution in [3.8, 4) is 5.75 Å². The van der Waals surface area contributed by atoms with Crippen molar-refractivity contribution in [1.82, 2.24) is 5.32 Å². The van der Waals surface area contributed by atoms with Crippen molar-refractivity contribution in [2.24, 2.45) is 10.7 Å². The molecule has 0 fully saturated rings. The molecule has 0 unspecified atom stereocenters. The number of rotatable bonds is 4. The van der Waals surface area contributed by atoms with E-state index in [9.17, 15) is 0 Å². The highest BCUT2D eigenvalue weighted by atomic mass is 127. The van der Waals surface area contributed by atoms with Crippen LogP contribution in [-0.4, -0.2) is 19.1 Å². The van der Waals surface area contributed by atoms with Crippen LogP contribution < -0.4 is 15.8 Å². The second-order valence-electron chi connectivity index (χ2n) is 4.66. The van der Waals surface area contributed by atoms with Crippen LogP contribution in [0.2, 0.25) is 0 Å². The molecule has 1 aromatic rings. The molecule has 0 saturated carbocycles. The number of halogens is 2. The minimum absolute atomic E-state index is 0.